The van der Waals surface area contributed by atoms with Crippen LogP contribution in [0, 0.1) is 0 Å². The number of aliphatic hydroxyl groups excluding tert-OH is 1. The molecule has 162 valence electrons. The van der Waals surface area contributed by atoms with Gasteiger partial charge in [-0.2, -0.15) is 37.0 Å². The van der Waals surface area contributed by atoms with E-state index in [4.69, 9.17) is 10.8 Å². The molecule has 0 spiro atoms. The molecule has 7 N–H and O–H groups in total. The van der Waals surface area contributed by atoms with Gasteiger partial charge < -0.3 is 31.9 Å². The zero-order valence-corrected chi connectivity index (χ0v) is 18.2. The lowest BCUT2D eigenvalue weighted by Crippen LogP contribution is -2.60. The van der Waals surface area contributed by atoms with Gasteiger partial charge in [-0.05, 0) is 25.4 Å². The van der Waals surface area contributed by atoms with E-state index in [1.165, 1.54) is 18.7 Å². The van der Waals surface area contributed by atoms with Gasteiger partial charge >= 0.3 is 5.97 Å². The SMILES string of the molecule is CSCCC(N)C(=O)NC(C(=O)NC(CS)C(=O)NC(CS)C(=O)O)C(C)O. The summed E-state index contributed by atoms with van der Waals surface area (Å²) < 4.78 is 0. The minimum atomic E-state index is -1.34. The van der Waals surface area contributed by atoms with Crippen LogP contribution >= 0.6 is 37.0 Å². The highest BCUT2D eigenvalue weighted by Gasteiger charge is 2.31. The van der Waals surface area contributed by atoms with Crippen LogP contribution in [0.3, 0.4) is 0 Å². The number of thiol groups is 2. The highest BCUT2D eigenvalue weighted by molar-refractivity contribution is 7.98. The molecule has 0 aliphatic rings. The molecule has 0 saturated carbocycles. The van der Waals surface area contributed by atoms with E-state index in [-0.39, 0.29) is 11.5 Å². The molecule has 0 heterocycles. The second-order valence-electron chi connectivity index (χ2n) is 5.94. The van der Waals surface area contributed by atoms with E-state index in [9.17, 15) is 24.3 Å². The Balaban J connectivity index is 5.02. The Bertz CT molecular complexity index is 552. The van der Waals surface area contributed by atoms with Crippen LogP contribution in [0.2, 0.25) is 0 Å². The average molecular weight is 457 g/mol. The summed E-state index contributed by atoms with van der Waals surface area (Å²) in [5, 5.41) is 25.7. The van der Waals surface area contributed by atoms with Gasteiger partial charge in [-0.25, -0.2) is 4.79 Å². The summed E-state index contributed by atoms with van der Waals surface area (Å²) in [5.74, 6) is -3.12. The molecule has 3 amide bonds. The zero-order valence-electron chi connectivity index (χ0n) is 15.6. The monoisotopic (exact) mass is 456 g/mol. The minimum absolute atomic E-state index is 0.135. The van der Waals surface area contributed by atoms with E-state index in [1.54, 1.807) is 0 Å². The number of carbonyl (C=O) groups excluding carboxylic acids is 3. The van der Waals surface area contributed by atoms with Crippen LogP contribution in [-0.2, 0) is 19.2 Å². The van der Waals surface area contributed by atoms with Crippen molar-refractivity contribution in [2.75, 3.05) is 23.5 Å². The van der Waals surface area contributed by atoms with Crippen LogP contribution in [0.25, 0.3) is 0 Å². The van der Waals surface area contributed by atoms with Crippen molar-refractivity contribution in [3.8, 4) is 0 Å². The fourth-order valence-corrected chi connectivity index (χ4v) is 2.95. The standard InChI is InChI=1S/C15H28N4O6S3/c1-7(20)11(19-12(21)8(16)3-4-28-2)14(23)17-9(5-26)13(22)18-10(6-27)15(24)25/h7-11,20,26-27H,3-6,16H2,1-2H3,(H,17,23)(H,18,22)(H,19,21)(H,24,25). The highest BCUT2D eigenvalue weighted by atomic mass is 32.2. The summed E-state index contributed by atoms with van der Waals surface area (Å²) in [6.45, 7) is 1.30. The van der Waals surface area contributed by atoms with Gasteiger partial charge in [0.15, 0.2) is 0 Å². The lowest BCUT2D eigenvalue weighted by molar-refractivity contribution is -0.141. The maximum Gasteiger partial charge on any atom is 0.327 e. The molecule has 0 aromatic rings. The second kappa shape index (κ2) is 13.9. The number of hydrogen-bond donors (Lipinski definition) is 8. The number of thioether (sulfide) groups is 1. The number of amides is 3. The summed E-state index contributed by atoms with van der Waals surface area (Å²) in [5.41, 5.74) is 5.75. The normalized spacial score (nSPS) is 16.2. The van der Waals surface area contributed by atoms with Gasteiger partial charge in [0.1, 0.15) is 18.1 Å². The molecule has 0 aromatic carbocycles. The summed E-state index contributed by atoms with van der Waals surface area (Å²) >= 11 is 9.33. The van der Waals surface area contributed by atoms with Gasteiger partial charge in [0.2, 0.25) is 17.7 Å². The molecule has 0 aliphatic carbocycles. The van der Waals surface area contributed by atoms with Crippen molar-refractivity contribution >= 4 is 60.7 Å². The summed E-state index contributed by atoms with van der Waals surface area (Å²) in [6.07, 6.45) is 0.995. The number of carbonyl (C=O) groups is 4. The van der Waals surface area contributed by atoms with E-state index in [2.05, 4.69) is 41.2 Å². The van der Waals surface area contributed by atoms with Crippen LogP contribution in [-0.4, -0.2) is 87.7 Å². The summed E-state index contributed by atoms with van der Waals surface area (Å²) in [4.78, 5) is 47.7. The van der Waals surface area contributed by atoms with Crippen molar-refractivity contribution in [3.63, 3.8) is 0 Å². The maximum atomic E-state index is 12.4. The van der Waals surface area contributed by atoms with E-state index in [0.29, 0.717) is 12.2 Å². The highest BCUT2D eigenvalue weighted by Crippen LogP contribution is 2.02. The fourth-order valence-electron chi connectivity index (χ4n) is 1.95. The number of nitrogens with one attached hydrogen (secondary N) is 3. The van der Waals surface area contributed by atoms with Gasteiger partial charge in [-0.15, -0.1) is 0 Å². The molecule has 0 aromatic heterocycles. The fraction of sp³-hybridized carbons (Fsp3) is 0.733. The van der Waals surface area contributed by atoms with Crippen molar-refractivity contribution in [3.05, 3.63) is 0 Å². The molecule has 5 unspecified atom stereocenters. The predicted molar refractivity (Wildman–Crippen MR) is 114 cm³/mol. The molecule has 0 rings (SSSR count). The first-order valence-corrected chi connectivity index (χ1v) is 11.0. The number of carboxylic acid groups (broad SMARTS) is 1. The zero-order chi connectivity index (χ0) is 21.9. The van der Waals surface area contributed by atoms with Gasteiger partial charge in [0.05, 0.1) is 12.1 Å². The van der Waals surface area contributed by atoms with Crippen LogP contribution in [0.1, 0.15) is 13.3 Å². The van der Waals surface area contributed by atoms with E-state index in [0.717, 1.165) is 0 Å². The summed E-state index contributed by atoms with van der Waals surface area (Å²) in [6, 6.07) is -4.61. The van der Waals surface area contributed by atoms with Crippen molar-refractivity contribution in [1.82, 2.24) is 16.0 Å². The Morgan fingerprint density at radius 3 is 1.96 bits per heavy atom. The molecule has 13 heteroatoms. The molecule has 28 heavy (non-hydrogen) atoms. The average Bonchev–Trinajstić information content (AvgIpc) is 2.64. The Morgan fingerprint density at radius 1 is 1.00 bits per heavy atom. The number of carboxylic acids is 1. The number of hydrogen-bond acceptors (Lipinski definition) is 9. The third-order valence-corrected chi connectivity index (χ3v) is 5.02. The lowest BCUT2D eigenvalue weighted by atomic mass is 10.1. The Kier molecular flexibility index (Phi) is 13.4. The van der Waals surface area contributed by atoms with Gasteiger partial charge in [-0.1, -0.05) is 0 Å². The van der Waals surface area contributed by atoms with Gasteiger partial charge in [0, 0.05) is 11.5 Å². The molecular weight excluding hydrogens is 428 g/mol. The number of nitrogens with two attached hydrogens (primary N) is 1. The Labute approximate surface area is 179 Å². The second-order valence-corrected chi connectivity index (χ2v) is 7.66. The first kappa shape index (κ1) is 26.9. The van der Waals surface area contributed by atoms with E-state index in [1.807, 2.05) is 6.26 Å². The molecule has 5 atom stereocenters. The molecule has 0 bridgehead atoms. The third-order valence-electron chi connectivity index (χ3n) is 3.65. The van der Waals surface area contributed by atoms with Crippen molar-refractivity contribution in [1.29, 1.82) is 0 Å². The molecule has 0 aliphatic heterocycles. The lowest BCUT2D eigenvalue weighted by Gasteiger charge is -2.25. The molecule has 0 saturated heterocycles. The molecule has 0 fully saturated rings. The van der Waals surface area contributed by atoms with Crippen LogP contribution in [0.15, 0.2) is 0 Å². The predicted octanol–water partition coefficient (Wildman–Crippen LogP) is -2.15. The van der Waals surface area contributed by atoms with Crippen molar-refractivity contribution < 1.29 is 29.4 Å². The van der Waals surface area contributed by atoms with Crippen LogP contribution in [0.4, 0.5) is 0 Å². The topological polar surface area (TPSA) is 171 Å². The van der Waals surface area contributed by atoms with E-state index >= 15 is 0 Å². The molecule has 0 radical (unpaired) electrons. The number of aliphatic carboxylic acids is 1. The first-order chi connectivity index (χ1) is 13.1. The number of rotatable bonds is 13. The smallest absolute Gasteiger partial charge is 0.327 e. The molecule has 10 nitrogen and oxygen atoms in total. The largest absolute Gasteiger partial charge is 0.480 e. The van der Waals surface area contributed by atoms with Gasteiger partial charge in [0.25, 0.3) is 0 Å². The maximum absolute atomic E-state index is 12.4. The minimum Gasteiger partial charge on any atom is -0.480 e. The first-order valence-electron chi connectivity index (χ1n) is 8.37. The van der Waals surface area contributed by atoms with Crippen LogP contribution < -0.4 is 21.7 Å². The van der Waals surface area contributed by atoms with Gasteiger partial charge in [-0.3, -0.25) is 14.4 Å². The summed E-state index contributed by atoms with van der Waals surface area (Å²) in [7, 11) is 0. The van der Waals surface area contributed by atoms with Crippen molar-refractivity contribution in [2.24, 2.45) is 5.73 Å². The number of aliphatic hydroxyl groups is 1. The Hall–Kier alpha value is -1.15. The quantitative estimate of drug-likeness (QED) is 0.145. The van der Waals surface area contributed by atoms with E-state index < -0.39 is 54.0 Å². The molecular formula is C15H28N4O6S3. The third kappa shape index (κ3) is 9.37. The Morgan fingerprint density at radius 2 is 1.54 bits per heavy atom. The van der Waals surface area contributed by atoms with Crippen LogP contribution in [0.5, 0.6) is 0 Å². The van der Waals surface area contributed by atoms with Crippen molar-refractivity contribution in [2.45, 2.75) is 43.6 Å².